The molecule has 1 unspecified atom stereocenters. The van der Waals surface area contributed by atoms with Gasteiger partial charge in [-0.3, -0.25) is 4.90 Å². The highest BCUT2D eigenvalue weighted by atomic mass is 15.2. The SMILES string of the molecule is Cc1ccc(C(C)N2CCCC2)cc1. The van der Waals surface area contributed by atoms with E-state index >= 15 is 0 Å². The van der Waals surface area contributed by atoms with E-state index in [1.54, 1.807) is 0 Å². The minimum absolute atomic E-state index is 0.595. The van der Waals surface area contributed by atoms with Crippen LogP contribution in [-0.4, -0.2) is 18.0 Å². The fourth-order valence-corrected chi connectivity index (χ4v) is 2.18. The van der Waals surface area contributed by atoms with Crippen molar-refractivity contribution in [1.29, 1.82) is 0 Å². The van der Waals surface area contributed by atoms with Gasteiger partial charge in [0.25, 0.3) is 0 Å². The molecule has 1 aliphatic rings. The fourth-order valence-electron chi connectivity index (χ4n) is 2.18. The molecule has 0 bridgehead atoms. The molecule has 1 aromatic rings. The van der Waals surface area contributed by atoms with Gasteiger partial charge >= 0.3 is 0 Å². The predicted molar refractivity (Wildman–Crippen MR) is 60.4 cm³/mol. The zero-order valence-electron chi connectivity index (χ0n) is 9.16. The van der Waals surface area contributed by atoms with Gasteiger partial charge in [-0.1, -0.05) is 29.8 Å². The van der Waals surface area contributed by atoms with Crippen molar-refractivity contribution in [3.8, 4) is 0 Å². The quantitative estimate of drug-likeness (QED) is 0.690. The maximum atomic E-state index is 2.57. The average molecular weight is 189 g/mol. The second-order valence-electron chi connectivity index (χ2n) is 4.33. The molecule has 1 heterocycles. The van der Waals surface area contributed by atoms with Gasteiger partial charge in [0, 0.05) is 6.04 Å². The van der Waals surface area contributed by atoms with Crippen LogP contribution >= 0.6 is 0 Å². The highest BCUT2D eigenvalue weighted by Crippen LogP contribution is 2.24. The Kier molecular flexibility index (Phi) is 2.87. The number of hydrogen-bond acceptors (Lipinski definition) is 1. The molecular weight excluding hydrogens is 170 g/mol. The fraction of sp³-hybridized carbons (Fsp3) is 0.538. The van der Waals surface area contributed by atoms with Crippen molar-refractivity contribution in [3.05, 3.63) is 35.4 Å². The molecule has 1 fully saturated rings. The maximum Gasteiger partial charge on any atom is 0.0319 e. The van der Waals surface area contributed by atoms with Gasteiger partial charge in [-0.05, 0) is 45.3 Å². The standard InChI is InChI=1S/C13H19N/c1-11-5-7-13(8-6-11)12(2)14-9-3-4-10-14/h5-8,12H,3-4,9-10H2,1-2H3. The third-order valence-corrected chi connectivity index (χ3v) is 3.25. The number of aryl methyl sites for hydroxylation is 1. The van der Waals surface area contributed by atoms with Gasteiger partial charge in [0.05, 0.1) is 0 Å². The van der Waals surface area contributed by atoms with Crippen LogP contribution < -0.4 is 0 Å². The lowest BCUT2D eigenvalue weighted by atomic mass is 10.1. The van der Waals surface area contributed by atoms with Gasteiger partial charge < -0.3 is 0 Å². The molecule has 14 heavy (non-hydrogen) atoms. The molecule has 1 nitrogen and oxygen atoms in total. The third kappa shape index (κ3) is 1.98. The number of likely N-dealkylation sites (tertiary alicyclic amines) is 1. The average Bonchev–Trinajstić information content (AvgIpc) is 2.71. The zero-order valence-corrected chi connectivity index (χ0v) is 9.16. The van der Waals surface area contributed by atoms with Crippen LogP contribution in [0.15, 0.2) is 24.3 Å². The summed E-state index contributed by atoms with van der Waals surface area (Å²) < 4.78 is 0. The first-order valence-corrected chi connectivity index (χ1v) is 5.58. The summed E-state index contributed by atoms with van der Waals surface area (Å²) in [6.07, 6.45) is 2.74. The normalized spacial score (nSPS) is 19.9. The van der Waals surface area contributed by atoms with Crippen molar-refractivity contribution in [2.24, 2.45) is 0 Å². The molecule has 0 saturated carbocycles. The van der Waals surface area contributed by atoms with Gasteiger partial charge in [0.1, 0.15) is 0 Å². The topological polar surface area (TPSA) is 3.24 Å². The first kappa shape index (κ1) is 9.72. The molecule has 76 valence electrons. The Hall–Kier alpha value is -0.820. The van der Waals surface area contributed by atoms with Crippen molar-refractivity contribution >= 4 is 0 Å². The second-order valence-corrected chi connectivity index (χ2v) is 4.33. The van der Waals surface area contributed by atoms with E-state index in [0.717, 1.165) is 0 Å². The summed E-state index contributed by atoms with van der Waals surface area (Å²) in [6.45, 7) is 7.00. The monoisotopic (exact) mass is 189 g/mol. The lowest BCUT2D eigenvalue weighted by molar-refractivity contribution is 0.263. The van der Waals surface area contributed by atoms with Crippen LogP contribution in [0.2, 0.25) is 0 Å². The summed E-state index contributed by atoms with van der Waals surface area (Å²) in [7, 11) is 0. The van der Waals surface area contributed by atoms with Gasteiger partial charge in [-0.15, -0.1) is 0 Å². The van der Waals surface area contributed by atoms with Crippen LogP contribution in [0.4, 0.5) is 0 Å². The Balaban J connectivity index is 2.09. The Labute approximate surface area is 86.7 Å². The van der Waals surface area contributed by atoms with E-state index in [4.69, 9.17) is 0 Å². The van der Waals surface area contributed by atoms with Crippen LogP contribution in [0.5, 0.6) is 0 Å². The number of nitrogens with zero attached hydrogens (tertiary/aromatic N) is 1. The third-order valence-electron chi connectivity index (χ3n) is 3.25. The van der Waals surface area contributed by atoms with Crippen molar-refractivity contribution in [3.63, 3.8) is 0 Å². The Bertz CT molecular complexity index is 283. The van der Waals surface area contributed by atoms with Gasteiger partial charge in [-0.2, -0.15) is 0 Å². The lowest BCUT2D eigenvalue weighted by Gasteiger charge is -2.24. The van der Waals surface area contributed by atoms with Gasteiger partial charge in [-0.25, -0.2) is 0 Å². The highest BCUT2D eigenvalue weighted by molar-refractivity contribution is 5.23. The largest absolute Gasteiger partial charge is 0.297 e. The lowest BCUT2D eigenvalue weighted by Crippen LogP contribution is -2.23. The number of hydrogen-bond donors (Lipinski definition) is 0. The summed E-state index contributed by atoms with van der Waals surface area (Å²) in [5, 5.41) is 0. The summed E-state index contributed by atoms with van der Waals surface area (Å²) in [5.74, 6) is 0. The van der Waals surface area contributed by atoms with Crippen LogP contribution in [0.25, 0.3) is 0 Å². The smallest absolute Gasteiger partial charge is 0.0319 e. The molecule has 0 aromatic heterocycles. The van der Waals surface area contributed by atoms with Crippen molar-refractivity contribution in [2.45, 2.75) is 32.7 Å². The van der Waals surface area contributed by atoms with E-state index in [0.29, 0.717) is 6.04 Å². The van der Waals surface area contributed by atoms with Crippen molar-refractivity contribution in [1.82, 2.24) is 4.90 Å². The molecule has 0 radical (unpaired) electrons. The molecule has 0 spiro atoms. The maximum absolute atomic E-state index is 2.57. The van der Waals surface area contributed by atoms with Gasteiger partial charge in [0.15, 0.2) is 0 Å². The molecule has 0 amide bonds. The second kappa shape index (κ2) is 4.14. The van der Waals surface area contributed by atoms with Crippen LogP contribution in [-0.2, 0) is 0 Å². The summed E-state index contributed by atoms with van der Waals surface area (Å²) in [6, 6.07) is 9.54. The van der Waals surface area contributed by atoms with Crippen molar-refractivity contribution < 1.29 is 0 Å². The molecule has 1 aromatic carbocycles. The van der Waals surface area contributed by atoms with Gasteiger partial charge in [0.2, 0.25) is 0 Å². The van der Waals surface area contributed by atoms with Crippen molar-refractivity contribution in [2.75, 3.05) is 13.1 Å². The Morgan fingerprint density at radius 1 is 1.07 bits per heavy atom. The van der Waals surface area contributed by atoms with E-state index in [9.17, 15) is 0 Å². The highest BCUT2D eigenvalue weighted by Gasteiger charge is 2.18. The van der Waals surface area contributed by atoms with E-state index in [-0.39, 0.29) is 0 Å². The van der Waals surface area contributed by atoms with E-state index < -0.39 is 0 Å². The van der Waals surface area contributed by atoms with E-state index in [2.05, 4.69) is 43.0 Å². The summed E-state index contributed by atoms with van der Waals surface area (Å²) >= 11 is 0. The number of rotatable bonds is 2. The molecule has 1 atom stereocenters. The molecule has 0 N–H and O–H groups in total. The van der Waals surface area contributed by atoms with Crippen LogP contribution in [0, 0.1) is 6.92 Å². The summed E-state index contributed by atoms with van der Waals surface area (Å²) in [4.78, 5) is 2.57. The number of benzene rings is 1. The molecular formula is C13H19N. The first-order valence-electron chi connectivity index (χ1n) is 5.58. The molecule has 0 aliphatic carbocycles. The van der Waals surface area contributed by atoms with Crippen LogP contribution in [0.3, 0.4) is 0 Å². The predicted octanol–water partition coefficient (Wildman–Crippen LogP) is 3.15. The first-order chi connectivity index (χ1) is 6.77. The van der Waals surface area contributed by atoms with E-state index in [1.165, 1.54) is 37.1 Å². The molecule has 1 aliphatic heterocycles. The Morgan fingerprint density at radius 3 is 2.21 bits per heavy atom. The minimum atomic E-state index is 0.595. The van der Waals surface area contributed by atoms with E-state index in [1.807, 2.05) is 0 Å². The van der Waals surface area contributed by atoms with Crippen LogP contribution in [0.1, 0.15) is 36.9 Å². The molecule has 1 heteroatoms. The zero-order chi connectivity index (χ0) is 9.97. The summed E-state index contributed by atoms with van der Waals surface area (Å²) in [5.41, 5.74) is 2.81. The minimum Gasteiger partial charge on any atom is -0.297 e. The molecule has 1 saturated heterocycles. The molecule has 2 rings (SSSR count). The Morgan fingerprint density at radius 2 is 1.64 bits per heavy atom.